The number of hydrogen-bond donors (Lipinski definition) is 4. The SMILES string of the molecule is OC1[C@H](O)C(CO[SH](#P)I)O[C@H](Sc2ccccc2)[C@@H]1O. The molecule has 1 aromatic carbocycles. The molecule has 3 N–H and O–H groups in total. The minimum absolute atomic E-state index is 0.120. The summed E-state index contributed by atoms with van der Waals surface area (Å²) in [7, 11) is 3.24. The van der Waals surface area contributed by atoms with Gasteiger partial charge in [0, 0.05) is 0 Å². The van der Waals surface area contributed by atoms with Crippen LogP contribution in [0.15, 0.2) is 35.2 Å². The van der Waals surface area contributed by atoms with E-state index in [0.717, 1.165) is 4.90 Å². The molecule has 0 spiro atoms. The maximum atomic E-state index is 10.1. The van der Waals surface area contributed by atoms with Crippen LogP contribution in [0.4, 0.5) is 0 Å². The number of thiol groups is 1. The predicted octanol–water partition coefficient (Wildman–Crippen LogP) is 2.19. The molecule has 1 aliphatic heterocycles. The summed E-state index contributed by atoms with van der Waals surface area (Å²) in [6.45, 7) is 0.120. The van der Waals surface area contributed by atoms with Crippen LogP contribution in [-0.4, -0.2) is 51.8 Å². The zero-order chi connectivity index (χ0) is 15.4. The molecule has 2 rings (SSSR count). The second-order valence-corrected chi connectivity index (χ2v) is 12.4. The molecule has 1 aromatic rings. The molecule has 1 aliphatic rings. The molecule has 0 aliphatic carbocycles. The number of aliphatic hydroxyl groups excluding tert-OH is 3. The van der Waals surface area contributed by atoms with Crippen molar-refractivity contribution in [3.05, 3.63) is 30.3 Å². The van der Waals surface area contributed by atoms with E-state index in [1.165, 1.54) is 11.8 Å². The summed E-state index contributed by atoms with van der Waals surface area (Å²) in [5.74, 6) is 0. The van der Waals surface area contributed by atoms with Gasteiger partial charge in [-0.2, -0.15) is 0 Å². The van der Waals surface area contributed by atoms with Gasteiger partial charge in [0.25, 0.3) is 0 Å². The van der Waals surface area contributed by atoms with E-state index >= 15 is 0 Å². The Hall–Kier alpha value is 0.880. The fourth-order valence-corrected chi connectivity index (χ4v) is 3.95. The van der Waals surface area contributed by atoms with E-state index in [1.54, 1.807) is 0 Å². The van der Waals surface area contributed by atoms with Crippen LogP contribution in [0, 0.1) is 0 Å². The van der Waals surface area contributed by atoms with Crippen LogP contribution >= 0.6 is 48.1 Å². The van der Waals surface area contributed by atoms with Gasteiger partial charge in [-0.1, -0.05) is 0 Å². The van der Waals surface area contributed by atoms with E-state index < -0.39 is 37.2 Å². The number of rotatable bonds is 4. The Morgan fingerprint density at radius 3 is 2.48 bits per heavy atom. The van der Waals surface area contributed by atoms with Gasteiger partial charge in [-0.05, 0) is 0 Å². The van der Waals surface area contributed by atoms with E-state index in [-0.39, 0.29) is 6.61 Å². The molecule has 0 amide bonds. The summed E-state index contributed by atoms with van der Waals surface area (Å²) in [5, 5.41) is 30.0. The molecule has 3 unspecified atom stereocenters. The third-order valence-corrected chi connectivity index (χ3v) is 5.72. The zero-order valence-electron chi connectivity index (χ0n) is 10.8. The molecule has 1 fully saturated rings. The molecule has 118 valence electrons. The van der Waals surface area contributed by atoms with Crippen molar-refractivity contribution in [2.75, 3.05) is 6.61 Å². The van der Waals surface area contributed by atoms with Crippen LogP contribution < -0.4 is 0 Å². The van der Waals surface area contributed by atoms with Gasteiger partial charge in [0.05, 0.1) is 0 Å². The molecule has 0 bridgehead atoms. The Morgan fingerprint density at radius 2 is 1.86 bits per heavy atom. The molecule has 0 radical (unpaired) electrons. The van der Waals surface area contributed by atoms with E-state index in [4.69, 9.17) is 8.92 Å². The third kappa shape index (κ3) is 5.19. The van der Waals surface area contributed by atoms with Gasteiger partial charge in [0.1, 0.15) is 0 Å². The topological polar surface area (TPSA) is 79.2 Å². The summed E-state index contributed by atoms with van der Waals surface area (Å²) < 4.78 is 11.0. The van der Waals surface area contributed by atoms with E-state index in [2.05, 4.69) is 7.81 Å². The second kappa shape index (κ2) is 8.65. The Bertz CT molecular complexity index is 525. The van der Waals surface area contributed by atoms with Crippen LogP contribution in [-0.2, 0) is 8.92 Å². The molecule has 21 heavy (non-hydrogen) atoms. The summed E-state index contributed by atoms with van der Waals surface area (Å²) in [6.07, 6.45) is -4.32. The third-order valence-electron chi connectivity index (χ3n) is 3.01. The Balaban J connectivity index is 2.05. The van der Waals surface area contributed by atoms with Crippen LogP contribution in [0.1, 0.15) is 0 Å². The van der Waals surface area contributed by atoms with Gasteiger partial charge in [-0.3, -0.25) is 0 Å². The number of aliphatic hydroxyl groups is 3. The molecule has 1 heterocycles. The van der Waals surface area contributed by atoms with Crippen molar-refractivity contribution in [3.63, 3.8) is 0 Å². The minimum atomic E-state index is -1.27. The van der Waals surface area contributed by atoms with Gasteiger partial charge >= 0.3 is 144 Å². The standard InChI is InChI=1S/C12H16IO5PS2/c13-21(19)17-6-8-9(14)10(15)11(16)12(18-8)20-7-4-2-1-3-5-7/h1-5,8-12,14-16,21H,6H2/t8?,9-,10?,11-,12-/m1/s1. The van der Waals surface area contributed by atoms with Gasteiger partial charge in [0.15, 0.2) is 0 Å². The van der Waals surface area contributed by atoms with Crippen LogP contribution in [0.2, 0.25) is 0 Å². The van der Waals surface area contributed by atoms with Gasteiger partial charge in [0.2, 0.25) is 0 Å². The van der Waals surface area contributed by atoms with Gasteiger partial charge < -0.3 is 0 Å². The average molecular weight is 462 g/mol. The predicted molar refractivity (Wildman–Crippen MR) is 94.9 cm³/mol. The first-order valence-corrected chi connectivity index (χ1v) is 12.3. The van der Waals surface area contributed by atoms with Crippen LogP contribution in [0.5, 0.6) is 0 Å². The van der Waals surface area contributed by atoms with Crippen LogP contribution in [0.25, 0.3) is 0 Å². The first-order chi connectivity index (χ1) is 9.99. The monoisotopic (exact) mass is 462 g/mol. The fraction of sp³-hybridized carbons (Fsp3) is 0.500. The Morgan fingerprint density at radius 1 is 1.19 bits per heavy atom. The van der Waals surface area contributed by atoms with E-state index in [9.17, 15) is 15.3 Å². The van der Waals surface area contributed by atoms with Crippen molar-refractivity contribution < 1.29 is 24.2 Å². The van der Waals surface area contributed by atoms with Gasteiger partial charge in [-0.25, -0.2) is 0 Å². The molecule has 1 saturated heterocycles. The zero-order valence-corrected chi connectivity index (χ0v) is 15.6. The molecular formula is C12H16IO5PS2. The number of benzene rings is 1. The molecular weight excluding hydrogens is 446 g/mol. The van der Waals surface area contributed by atoms with Crippen LogP contribution in [0.3, 0.4) is 0 Å². The molecule has 6 atom stereocenters. The van der Waals surface area contributed by atoms with E-state index in [0.29, 0.717) is 0 Å². The second-order valence-electron chi connectivity index (χ2n) is 4.47. The first kappa shape index (κ1) is 18.2. The van der Waals surface area contributed by atoms with Crippen molar-refractivity contribution in [3.8, 4) is 0 Å². The summed E-state index contributed by atoms with van der Waals surface area (Å²) in [4.78, 5) is 0.912. The van der Waals surface area contributed by atoms with Gasteiger partial charge in [-0.15, -0.1) is 0 Å². The van der Waals surface area contributed by atoms with Crippen molar-refractivity contribution >= 4 is 48.1 Å². The Labute approximate surface area is 143 Å². The van der Waals surface area contributed by atoms with Crippen molar-refractivity contribution in [1.82, 2.24) is 0 Å². The molecule has 9 heteroatoms. The fourth-order valence-electron chi connectivity index (χ4n) is 1.92. The number of hydrogen-bond acceptors (Lipinski definition) is 6. The first-order valence-electron chi connectivity index (χ1n) is 6.18. The van der Waals surface area contributed by atoms with Crippen molar-refractivity contribution in [1.29, 1.82) is 0 Å². The molecule has 0 aromatic heterocycles. The maximum absolute atomic E-state index is 10.1. The molecule has 5 nitrogen and oxygen atoms in total. The van der Waals surface area contributed by atoms with E-state index in [1.807, 2.05) is 51.5 Å². The average Bonchev–Trinajstić information content (AvgIpc) is 2.47. The quantitative estimate of drug-likeness (QED) is 0.312. The Kier molecular flexibility index (Phi) is 7.51. The summed E-state index contributed by atoms with van der Waals surface area (Å²) in [5.41, 5.74) is -0.667. The van der Waals surface area contributed by atoms with Crippen molar-refractivity contribution in [2.24, 2.45) is 0 Å². The summed E-state index contributed by atoms with van der Waals surface area (Å²) in [6, 6.07) is 9.44. The number of halogens is 1. The number of ether oxygens (including phenoxy) is 1. The normalized spacial score (nSPS) is 34.5. The number of thioether (sulfide) groups is 1. The summed E-state index contributed by atoms with van der Waals surface area (Å²) >= 11 is 3.33. The van der Waals surface area contributed by atoms with Crippen molar-refractivity contribution in [2.45, 2.75) is 34.7 Å². The molecule has 0 saturated carbocycles.